The van der Waals surface area contributed by atoms with E-state index in [0.29, 0.717) is 11.4 Å². The zero-order valence-corrected chi connectivity index (χ0v) is 12.5. The first kappa shape index (κ1) is 15.4. The minimum atomic E-state index is -1.11. The Balaban J connectivity index is 2.06. The molecule has 2 amide bonds. The predicted molar refractivity (Wildman–Crippen MR) is 82.7 cm³/mol. The monoisotopic (exact) mass is 336 g/mol. The summed E-state index contributed by atoms with van der Waals surface area (Å²) in [5.41, 5.74) is 0.556. The van der Waals surface area contributed by atoms with Crippen molar-refractivity contribution in [2.45, 2.75) is 6.42 Å². The number of hydrogen-bond donors (Lipinski definition) is 1. The highest BCUT2D eigenvalue weighted by Gasteiger charge is 2.27. The molecule has 0 aliphatic carbocycles. The average Bonchev–Trinajstić information content (AvgIpc) is 2.70. The smallest absolute Gasteiger partial charge is 0.261 e. The first-order valence-corrected chi connectivity index (χ1v) is 7.21. The van der Waals surface area contributed by atoms with E-state index in [-0.39, 0.29) is 24.4 Å². The summed E-state index contributed by atoms with van der Waals surface area (Å²) in [6, 6.07) is 8.68. The van der Waals surface area contributed by atoms with Gasteiger partial charge in [-0.2, -0.15) is 0 Å². The molecule has 3 rings (SSSR count). The Hall–Kier alpha value is -2.47. The van der Waals surface area contributed by atoms with Gasteiger partial charge in [-0.15, -0.1) is 0 Å². The maximum atomic E-state index is 14.1. The standard InChI is InChI=1S/C16H11ClF2N2O2/c17-14-10(18)6-5-9(15(14)19)16(23)21-8-7-13(22)20-11-3-1-2-4-12(11)21/h1-6H,7-8H2,(H,20,22). The van der Waals surface area contributed by atoms with Crippen LogP contribution >= 0.6 is 11.6 Å². The lowest BCUT2D eigenvalue weighted by molar-refractivity contribution is -0.115. The fourth-order valence-corrected chi connectivity index (χ4v) is 2.57. The molecule has 0 bridgehead atoms. The molecule has 0 saturated carbocycles. The molecule has 2 aromatic rings. The number of halogens is 3. The highest BCUT2D eigenvalue weighted by molar-refractivity contribution is 6.31. The minimum absolute atomic E-state index is 0.0664. The van der Waals surface area contributed by atoms with Gasteiger partial charge < -0.3 is 10.2 Å². The van der Waals surface area contributed by atoms with Crippen molar-refractivity contribution in [2.24, 2.45) is 0 Å². The number of hydrogen-bond acceptors (Lipinski definition) is 2. The molecule has 0 atom stereocenters. The molecule has 0 radical (unpaired) electrons. The van der Waals surface area contributed by atoms with Gasteiger partial charge in [0, 0.05) is 13.0 Å². The number of carbonyl (C=O) groups is 2. The van der Waals surface area contributed by atoms with Gasteiger partial charge in [-0.1, -0.05) is 23.7 Å². The SMILES string of the molecule is O=C1CCN(C(=O)c2ccc(F)c(Cl)c2F)c2ccccc2N1. The summed E-state index contributed by atoms with van der Waals surface area (Å²) in [6.45, 7) is 0.0795. The van der Waals surface area contributed by atoms with Crippen LogP contribution in [-0.4, -0.2) is 18.4 Å². The predicted octanol–water partition coefficient (Wildman–Crippen LogP) is 3.61. The van der Waals surface area contributed by atoms with E-state index in [1.807, 2.05) is 0 Å². The number of rotatable bonds is 1. The average molecular weight is 337 g/mol. The minimum Gasteiger partial charge on any atom is -0.324 e. The topological polar surface area (TPSA) is 49.4 Å². The van der Waals surface area contributed by atoms with Crippen molar-refractivity contribution in [3.05, 3.63) is 58.6 Å². The normalized spacial score (nSPS) is 14.0. The summed E-state index contributed by atoms with van der Waals surface area (Å²) in [6.07, 6.45) is 0.0664. The summed E-state index contributed by atoms with van der Waals surface area (Å²) in [5.74, 6) is -2.98. The lowest BCUT2D eigenvalue weighted by atomic mass is 10.1. The lowest BCUT2D eigenvalue weighted by Crippen LogP contribution is -2.32. The molecule has 0 aromatic heterocycles. The third-order valence-electron chi connectivity index (χ3n) is 3.54. The Morgan fingerprint density at radius 2 is 1.91 bits per heavy atom. The van der Waals surface area contributed by atoms with Gasteiger partial charge in [0.05, 0.1) is 16.9 Å². The molecule has 0 unspecified atom stereocenters. The Morgan fingerprint density at radius 3 is 2.70 bits per heavy atom. The van der Waals surface area contributed by atoms with Crippen LogP contribution in [0.4, 0.5) is 20.2 Å². The lowest BCUT2D eigenvalue weighted by Gasteiger charge is -2.22. The van der Waals surface area contributed by atoms with Crippen molar-refractivity contribution in [1.29, 1.82) is 0 Å². The van der Waals surface area contributed by atoms with E-state index in [2.05, 4.69) is 5.32 Å². The van der Waals surface area contributed by atoms with E-state index < -0.39 is 22.6 Å². The van der Waals surface area contributed by atoms with Gasteiger partial charge in [0.15, 0.2) is 5.82 Å². The largest absolute Gasteiger partial charge is 0.324 e. The number of amides is 2. The van der Waals surface area contributed by atoms with Crippen LogP contribution in [0.3, 0.4) is 0 Å². The van der Waals surface area contributed by atoms with E-state index in [0.717, 1.165) is 12.1 Å². The van der Waals surface area contributed by atoms with E-state index >= 15 is 0 Å². The van der Waals surface area contributed by atoms with Crippen LogP contribution in [0.2, 0.25) is 5.02 Å². The van der Waals surface area contributed by atoms with Crippen molar-refractivity contribution in [2.75, 3.05) is 16.8 Å². The molecule has 23 heavy (non-hydrogen) atoms. The molecule has 118 valence electrons. The molecule has 0 spiro atoms. The van der Waals surface area contributed by atoms with Crippen LogP contribution in [-0.2, 0) is 4.79 Å². The number of para-hydroxylation sites is 2. The van der Waals surface area contributed by atoms with E-state index in [1.54, 1.807) is 24.3 Å². The van der Waals surface area contributed by atoms with Crippen LogP contribution in [0.25, 0.3) is 0 Å². The summed E-state index contributed by atoms with van der Waals surface area (Å²) >= 11 is 5.53. The fourth-order valence-electron chi connectivity index (χ4n) is 2.41. The van der Waals surface area contributed by atoms with Crippen LogP contribution in [0, 0.1) is 11.6 Å². The van der Waals surface area contributed by atoms with E-state index in [1.165, 1.54) is 4.90 Å². The molecule has 1 heterocycles. The molecule has 2 aromatic carbocycles. The second kappa shape index (κ2) is 5.96. The van der Waals surface area contributed by atoms with Gasteiger partial charge in [-0.05, 0) is 24.3 Å². The van der Waals surface area contributed by atoms with Gasteiger partial charge >= 0.3 is 0 Å². The second-order valence-electron chi connectivity index (χ2n) is 5.00. The number of nitrogens with one attached hydrogen (secondary N) is 1. The Labute approximate surface area is 135 Å². The number of carbonyl (C=O) groups excluding carboxylic acids is 2. The zero-order valence-electron chi connectivity index (χ0n) is 11.8. The van der Waals surface area contributed by atoms with Crippen molar-refractivity contribution < 1.29 is 18.4 Å². The Bertz CT molecular complexity index is 811. The van der Waals surface area contributed by atoms with Gasteiger partial charge in [-0.25, -0.2) is 8.78 Å². The highest BCUT2D eigenvalue weighted by Crippen LogP contribution is 2.31. The van der Waals surface area contributed by atoms with Gasteiger partial charge in [0.2, 0.25) is 5.91 Å². The molecule has 7 heteroatoms. The summed E-state index contributed by atoms with van der Waals surface area (Å²) in [5, 5.41) is 1.95. The van der Waals surface area contributed by atoms with Gasteiger partial charge in [-0.3, -0.25) is 9.59 Å². The van der Waals surface area contributed by atoms with Crippen molar-refractivity contribution in [3.8, 4) is 0 Å². The third-order valence-corrected chi connectivity index (χ3v) is 3.89. The number of anilines is 2. The molecule has 0 saturated heterocycles. The Kier molecular flexibility index (Phi) is 4.00. The molecular weight excluding hydrogens is 326 g/mol. The second-order valence-corrected chi connectivity index (χ2v) is 5.37. The molecule has 1 aliphatic heterocycles. The maximum absolute atomic E-state index is 14.1. The highest BCUT2D eigenvalue weighted by atomic mass is 35.5. The Morgan fingerprint density at radius 1 is 1.17 bits per heavy atom. The number of nitrogens with zero attached hydrogens (tertiary/aromatic N) is 1. The van der Waals surface area contributed by atoms with E-state index in [9.17, 15) is 18.4 Å². The van der Waals surface area contributed by atoms with Crippen molar-refractivity contribution in [3.63, 3.8) is 0 Å². The zero-order chi connectivity index (χ0) is 16.6. The summed E-state index contributed by atoms with van der Waals surface area (Å²) < 4.78 is 27.4. The van der Waals surface area contributed by atoms with Crippen LogP contribution in [0.1, 0.15) is 16.8 Å². The fraction of sp³-hybridized carbons (Fsp3) is 0.125. The molecule has 0 fully saturated rings. The first-order valence-electron chi connectivity index (χ1n) is 6.83. The molecule has 1 N–H and O–H groups in total. The van der Waals surface area contributed by atoms with Crippen molar-refractivity contribution in [1.82, 2.24) is 0 Å². The number of benzene rings is 2. The third kappa shape index (κ3) is 2.77. The summed E-state index contributed by atoms with van der Waals surface area (Å²) in [4.78, 5) is 25.7. The maximum Gasteiger partial charge on any atom is 0.261 e. The van der Waals surface area contributed by atoms with Crippen LogP contribution < -0.4 is 10.2 Å². The van der Waals surface area contributed by atoms with Gasteiger partial charge in [0.1, 0.15) is 10.8 Å². The van der Waals surface area contributed by atoms with Crippen molar-refractivity contribution >= 4 is 34.8 Å². The molecule has 4 nitrogen and oxygen atoms in total. The van der Waals surface area contributed by atoms with Crippen LogP contribution in [0.5, 0.6) is 0 Å². The number of fused-ring (bicyclic) bond motifs is 1. The van der Waals surface area contributed by atoms with Gasteiger partial charge in [0.25, 0.3) is 5.91 Å². The van der Waals surface area contributed by atoms with E-state index in [4.69, 9.17) is 11.6 Å². The quantitative estimate of drug-likeness (QED) is 0.809. The molecule has 1 aliphatic rings. The summed E-state index contributed by atoms with van der Waals surface area (Å²) in [7, 11) is 0. The van der Waals surface area contributed by atoms with Crippen LogP contribution in [0.15, 0.2) is 36.4 Å². The first-order chi connectivity index (χ1) is 11.0. The molecular formula is C16H11ClF2N2O2.